The van der Waals surface area contributed by atoms with Crippen LogP contribution in [0.25, 0.3) is 44.2 Å². The fourth-order valence-corrected chi connectivity index (χ4v) is 9.06. The predicted octanol–water partition coefficient (Wildman–Crippen LogP) is 11.4. The molecular weight excluding hydrogens is 593 g/mol. The van der Waals surface area contributed by atoms with E-state index < -0.39 is 0 Å². The average molecular weight is 633 g/mol. The van der Waals surface area contributed by atoms with E-state index in [9.17, 15) is 0 Å². The van der Waals surface area contributed by atoms with Gasteiger partial charge in [0.25, 0.3) is 0 Å². The molecule has 1 spiro atoms. The number of benzene rings is 5. The highest BCUT2D eigenvalue weighted by molar-refractivity contribution is 6.10. The predicted molar refractivity (Wildman–Crippen MR) is 207 cm³/mol. The number of fused-ring (bicyclic) bond motifs is 13. The Morgan fingerprint density at radius 2 is 1.27 bits per heavy atom. The number of likely N-dealkylation sites (N-methyl/N-ethyl adjacent to an activating group) is 1. The first-order valence-corrected chi connectivity index (χ1v) is 17.5. The van der Waals surface area contributed by atoms with E-state index in [1.165, 1.54) is 77.7 Å². The summed E-state index contributed by atoms with van der Waals surface area (Å²) in [5.41, 5.74) is 15.9. The van der Waals surface area contributed by atoms with Crippen LogP contribution >= 0.6 is 0 Å². The number of rotatable bonds is 6. The summed E-state index contributed by atoms with van der Waals surface area (Å²) in [6.45, 7) is 5.30. The molecule has 0 saturated carbocycles. The minimum atomic E-state index is -0.246. The van der Waals surface area contributed by atoms with Crippen LogP contribution in [0.1, 0.15) is 42.5 Å². The molecule has 0 aliphatic heterocycles. The van der Waals surface area contributed by atoms with Gasteiger partial charge in [0.1, 0.15) is 0 Å². The average Bonchev–Trinajstić information content (AvgIpc) is 3.75. The van der Waals surface area contributed by atoms with Gasteiger partial charge in [0.15, 0.2) is 0 Å². The third kappa shape index (κ3) is 4.33. The number of aromatic nitrogens is 1. The second-order valence-electron chi connectivity index (χ2n) is 13.7. The molecule has 6 aromatic rings. The van der Waals surface area contributed by atoms with Crippen LogP contribution < -0.4 is 0 Å². The van der Waals surface area contributed by atoms with Gasteiger partial charge in [-0.05, 0) is 95.0 Å². The molecule has 238 valence electrons. The largest absolute Gasteiger partial charge is 0.374 e. The van der Waals surface area contributed by atoms with Crippen molar-refractivity contribution >= 4 is 33.1 Å². The second-order valence-corrected chi connectivity index (χ2v) is 13.7. The molecule has 0 radical (unpaired) electrons. The van der Waals surface area contributed by atoms with Crippen LogP contribution in [0, 0.1) is 5.92 Å². The summed E-state index contributed by atoms with van der Waals surface area (Å²) in [5.74, 6) is 0.414. The maximum atomic E-state index is 2.58. The SMILES string of the molecule is C\C=C(/C=C\C=C(/C)n1c2ccccc2c2ccccc21)N(C)C[C@H]1C=C2C(=CC1)C1(c3ccccc32)c2ccccc2-c2ccccc21. The van der Waals surface area contributed by atoms with E-state index in [4.69, 9.17) is 0 Å². The van der Waals surface area contributed by atoms with Crippen LogP contribution in [0.4, 0.5) is 0 Å². The van der Waals surface area contributed by atoms with Crippen LogP contribution in [-0.2, 0) is 5.41 Å². The van der Waals surface area contributed by atoms with Crippen molar-refractivity contribution in [3.63, 3.8) is 0 Å². The maximum Gasteiger partial charge on any atom is 0.0722 e. The standard InChI is InChI=1S/C47H40N2/c1-4-34(17-15-16-32(2)49-45-26-13-8-21-38(45)39-22-9-14-27-46(39)49)48(3)31-33-28-29-44-40(30-33)37-20-7-12-25-43(37)47(44)41-23-10-5-18-35(41)36-19-6-11-24-42(36)47/h4-27,29-30,33H,28,31H2,1-3H3/b17-15-,32-16+,34-4+/t33-/m1/s1. The minimum Gasteiger partial charge on any atom is -0.374 e. The molecule has 1 aromatic heterocycles. The molecule has 0 bridgehead atoms. The van der Waals surface area contributed by atoms with Gasteiger partial charge in [-0.2, -0.15) is 0 Å². The Kier molecular flexibility index (Phi) is 6.95. The van der Waals surface area contributed by atoms with Crippen molar-refractivity contribution < 1.29 is 0 Å². The summed E-state index contributed by atoms with van der Waals surface area (Å²) in [5, 5.41) is 2.58. The maximum absolute atomic E-state index is 2.58. The molecule has 9 rings (SSSR count). The first-order valence-electron chi connectivity index (χ1n) is 17.5. The topological polar surface area (TPSA) is 8.17 Å². The number of hydrogen-bond acceptors (Lipinski definition) is 1. The summed E-state index contributed by atoms with van der Waals surface area (Å²) in [4.78, 5) is 2.41. The molecule has 3 aliphatic carbocycles. The van der Waals surface area contributed by atoms with Gasteiger partial charge in [0.2, 0.25) is 0 Å². The van der Waals surface area contributed by atoms with Gasteiger partial charge in [-0.25, -0.2) is 0 Å². The van der Waals surface area contributed by atoms with Gasteiger partial charge in [-0.15, -0.1) is 0 Å². The molecule has 1 atom stereocenters. The van der Waals surface area contributed by atoms with Crippen LogP contribution in [0.3, 0.4) is 0 Å². The molecule has 0 N–H and O–H groups in total. The number of nitrogens with zero attached hydrogens (tertiary/aromatic N) is 2. The van der Waals surface area contributed by atoms with Crippen LogP contribution in [0.15, 0.2) is 169 Å². The van der Waals surface area contributed by atoms with E-state index in [1.54, 1.807) is 0 Å². The lowest BCUT2D eigenvalue weighted by Gasteiger charge is -2.33. The van der Waals surface area contributed by atoms with Crippen molar-refractivity contribution in [2.45, 2.75) is 25.7 Å². The van der Waals surface area contributed by atoms with Crippen molar-refractivity contribution in [2.75, 3.05) is 13.6 Å². The first kappa shape index (κ1) is 29.5. The zero-order chi connectivity index (χ0) is 33.1. The Morgan fingerprint density at radius 1 is 0.735 bits per heavy atom. The lowest BCUT2D eigenvalue weighted by molar-refractivity contribution is 0.375. The normalized spacial score (nSPS) is 17.7. The number of para-hydroxylation sites is 2. The molecule has 0 saturated heterocycles. The quantitative estimate of drug-likeness (QED) is 0.166. The number of hydrogen-bond donors (Lipinski definition) is 0. The summed E-state index contributed by atoms with van der Waals surface area (Å²) >= 11 is 0. The Hall–Kier alpha value is -5.60. The summed E-state index contributed by atoms with van der Waals surface area (Å²) in [7, 11) is 2.23. The Labute approximate surface area is 289 Å². The van der Waals surface area contributed by atoms with Crippen molar-refractivity contribution in [3.05, 3.63) is 191 Å². The van der Waals surface area contributed by atoms with Crippen molar-refractivity contribution in [1.82, 2.24) is 9.47 Å². The van der Waals surface area contributed by atoms with Gasteiger partial charge < -0.3 is 9.47 Å². The van der Waals surface area contributed by atoms with E-state index in [2.05, 4.69) is 188 Å². The molecule has 49 heavy (non-hydrogen) atoms. The molecule has 2 nitrogen and oxygen atoms in total. The first-order chi connectivity index (χ1) is 24.1. The summed E-state index contributed by atoms with van der Waals surface area (Å²) in [6.07, 6.45) is 15.1. The molecule has 1 heterocycles. The van der Waals surface area contributed by atoms with E-state index in [1.807, 2.05) is 0 Å². The van der Waals surface area contributed by atoms with Gasteiger partial charge in [0.05, 0.1) is 16.4 Å². The second kappa shape index (κ2) is 11.5. The fraction of sp³-hybridized carbons (Fsp3) is 0.149. The van der Waals surface area contributed by atoms with Crippen molar-refractivity contribution in [2.24, 2.45) is 5.92 Å². The van der Waals surface area contributed by atoms with Gasteiger partial charge >= 0.3 is 0 Å². The molecule has 0 amide bonds. The third-order valence-corrected chi connectivity index (χ3v) is 11.1. The van der Waals surface area contributed by atoms with Crippen LogP contribution in [0.2, 0.25) is 0 Å². The molecule has 5 aromatic carbocycles. The van der Waals surface area contributed by atoms with Crippen molar-refractivity contribution in [3.8, 4) is 11.1 Å². The van der Waals surface area contributed by atoms with Crippen LogP contribution in [-0.4, -0.2) is 23.1 Å². The fourth-order valence-electron chi connectivity index (χ4n) is 9.06. The minimum absolute atomic E-state index is 0.246. The van der Waals surface area contributed by atoms with E-state index in [0.717, 1.165) is 13.0 Å². The van der Waals surface area contributed by atoms with Gasteiger partial charge in [-0.3, -0.25) is 0 Å². The van der Waals surface area contributed by atoms with E-state index in [0.29, 0.717) is 5.92 Å². The molecular formula is C47H40N2. The van der Waals surface area contributed by atoms with E-state index in [-0.39, 0.29) is 5.41 Å². The zero-order valence-electron chi connectivity index (χ0n) is 28.4. The molecule has 0 fully saturated rings. The summed E-state index contributed by atoms with van der Waals surface area (Å²) < 4.78 is 2.37. The Morgan fingerprint density at radius 3 is 1.88 bits per heavy atom. The highest BCUT2D eigenvalue weighted by Gasteiger charge is 2.53. The van der Waals surface area contributed by atoms with Gasteiger partial charge in [0, 0.05) is 35.8 Å². The molecule has 0 unspecified atom stereocenters. The van der Waals surface area contributed by atoms with Crippen LogP contribution in [0.5, 0.6) is 0 Å². The Balaban J connectivity index is 1.01. The monoisotopic (exact) mass is 632 g/mol. The lowest BCUT2D eigenvalue weighted by Crippen LogP contribution is -2.28. The summed E-state index contributed by atoms with van der Waals surface area (Å²) in [6, 6.07) is 44.6. The smallest absolute Gasteiger partial charge is 0.0722 e. The number of allylic oxidation sites excluding steroid dienone is 8. The lowest BCUT2D eigenvalue weighted by atomic mass is 9.69. The Bertz CT molecular complexity index is 2340. The highest BCUT2D eigenvalue weighted by Crippen LogP contribution is 2.64. The highest BCUT2D eigenvalue weighted by atomic mass is 15.1. The van der Waals surface area contributed by atoms with Crippen molar-refractivity contribution in [1.29, 1.82) is 0 Å². The van der Waals surface area contributed by atoms with Gasteiger partial charge in [-0.1, -0.05) is 133 Å². The molecule has 2 heteroatoms. The zero-order valence-corrected chi connectivity index (χ0v) is 28.4. The third-order valence-electron chi connectivity index (χ3n) is 11.1. The molecule has 3 aliphatic rings. The van der Waals surface area contributed by atoms with E-state index >= 15 is 0 Å².